The first-order valence-electron chi connectivity index (χ1n) is 14.9. The minimum absolute atomic E-state index is 0.0477. The fraction of sp³-hybridized carbons (Fsp3) is 0.774. The van der Waals surface area contributed by atoms with Crippen molar-refractivity contribution in [3.05, 3.63) is 25.3 Å². The number of allylic oxidation sites excluding steroid dienone is 1. The summed E-state index contributed by atoms with van der Waals surface area (Å²) >= 11 is 0. The van der Waals surface area contributed by atoms with Crippen LogP contribution in [0.1, 0.15) is 79.6 Å². The van der Waals surface area contributed by atoms with Crippen LogP contribution >= 0.6 is 0 Å². The maximum absolute atomic E-state index is 14.4. The highest BCUT2D eigenvalue weighted by Gasteiger charge is 2.80. The van der Waals surface area contributed by atoms with Gasteiger partial charge in [0.25, 0.3) is 0 Å². The average molecular weight is 547 g/mol. The van der Waals surface area contributed by atoms with Gasteiger partial charge in [-0.2, -0.15) is 0 Å². The SMILES string of the molecule is C=CCCCCOC(=O)[C@H]1[C@H]2C(=O)N([C@@H](CO)[C@@H](C)CC)C(C(=O)N(CC=C)CCCC)C23CC(C)[C@]1(C)O3. The molecular weight excluding hydrogens is 496 g/mol. The molecular formula is C31H50N2O6. The minimum Gasteiger partial charge on any atom is -0.465 e. The van der Waals surface area contributed by atoms with Crippen LogP contribution in [-0.4, -0.2) is 82.3 Å². The van der Waals surface area contributed by atoms with E-state index in [9.17, 15) is 19.5 Å². The third kappa shape index (κ3) is 5.43. The van der Waals surface area contributed by atoms with Gasteiger partial charge >= 0.3 is 5.97 Å². The number of hydrogen-bond acceptors (Lipinski definition) is 6. The van der Waals surface area contributed by atoms with Crippen molar-refractivity contribution in [3.63, 3.8) is 0 Å². The second kappa shape index (κ2) is 13.0. The molecule has 0 aromatic carbocycles. The van der Waals surface area contributed by atoms with E-state index in [-0.39, 0.29) is 36.9 Å². The summed E-state index contributed by atoms with van der Waals surface area (Å²) in [6.07, 6.45) is 8.92. The Hall–Kier alpha value is -2.19. The number of carbonyl (C=O) groups excluding carboxylic acids is 3. The maximum Gasteiger partial charge on any atom is 0.312 e. The number of aliphatic hydroxyl groups excluding tert-OH is 1. The van der Waals surface area contributed by atoms with Gasteiger partial charge in [-0.1, -0.05) is 52.7 Å². The van der Waals surface area contributed by atoms with Gasteiger partial charge in [0.15, 0.2) is 0 Å². The summed E-state index contributed by atoms with van der Waals surface area (Å²) in [5, 5.41) is 10.5. The first-order valence-corrected chi connectivity index (χ1v) is 14.9. The third-order valence-electron chi connectivity index (χ3n) is 9.58. The van der Waals surface area contributed by atoms with Crippen LogP contribution < -0.4 is 0 Å². The summed E-state index contributed by atoms with van der Waals surface area (Å²) in [5.74, 6) is -2.67. The fourth-order valence-corrected chi connectivity index (χ4v) is 7.11. The van der Waals surface area contributed by atoms with E-state index < -0.39 is 41.1 Å². The largest absolute Gasteiger partial charge is 0.465 e. The number of carbonyl (C=O) groups is 3. The number of nitrogens with zero attached hydrogens (tertiary/aromatic N) is 2. The Kier molecular flexibility index (Phi) is 10.4. The first-order chi connectivity index (χ1) is 18.6. The molecule has 1 N–H and O–H groups in total. The molecule has 3 aliphatic rings. The number of rotatable bonds is 16. The van der Waals surface area contributed by atoms with Crippen molar-refractivity contribution in [2.24, 2.45) is 23.7 Å². The number of aliphatic hydroxyl groups is 1. The highest BCUT2D eigenvalue weighted by atomic mass is 16.6. The van der Waals surface area contributed by atoms with E-state index in [0.29, 0.717) is 25.9 Å². The van der Waals surface area contributed by atoms with Crippen molar-refractivity contribution in [2.75, 3.05) is 26.3 Å². The number of esters is 1. The lowest BCUT2D eigenvalue weighted by molar-refractivity contribution is -0.164. The molecule has 0 aromatic heterocycles. The van der Waals surface area contributed by atoms with Crippen LogP contribution in [-0.2, 0) is 23.9 Å². The summed E-state index contributed by atoms with van der Waals surface area (Å²) in [7, 11) is 0. The van der Waals surface area contributed by atoms with Crippen molar-refractivity contribution in [2.45, 2.75) is 103 Å². The van der Waals surface area contributed by atoms with Crippen molar-refractivity contribution in [3.8, 4) is 0 Å². The standard InChI is InChI=1S/C31H50N2O6/c1-8-12-14-15-18-38-29(37)25-24-27(35)33(23(20-34)21(5)11-4)26(28(36)32(16-10-3)17-13-9-2)31(24)19-22(6)30(25,7)39-31/h8,10,21-26,34H,1,3,9,11-20H2,2,4-7H3/t21-,22?,23-,24-,25+,26?,30-,31?/m0/s1. The molecule has 0 aromatic rings. The Labute approximate surface area is 234 Å². The second-order valence-corrected chi connectivity index (χ2v) is 12.0. The lowest BCUT2D eigenvalue weighted by atomic mass is 9.62. The average Bonchev–Trinajstić information content (AvgIpc) is 3.43. The second-order valence-electron chi connectivity index (χ2n) is 12.0. The third-order valence-corrected chi connectivity index (χ3v) is 9.58. The molecule has 2 bridgehead atoms. The minimum atomic E-state index is -1.15. The maximum atomic E-state index is 14.4. The van der Waals surface area contributed by atoms with E-state index in [1.165, 1.54) is 0 Å². The molecule has 8 heteroatoms. The Bertz CT molecular complexity index is 923. The van der Waals surface area contributed by atoms with Crippen molar-refractivity contribution >= 4 is 17.8 Å². The Morgan fingerprint density at radius 3 is 2.56 bits per heavy atom. The normalized spacial score (nSPS) is 32.6. The summed E-state index contributed by atoms with van der Waals surface area (Å²) in [5.41, 5.74) is -2.07. The number of unbranched alkanes of at least 4 members (excludes halogenated alkanes) is 3. The van der Waals surface area contributed by atoms with Gasteiger partial charge in [-0.15, -0.1) is 13.2 Å². The van der Waals surface area contributed by atoms with Gasteiger partial charge in [0, 0.05) is 13.1 Å². The van der Waals surface area contributed by atoms with Gasteiger partial charge in [0.1, 0.15) is 17.6 Å². The Morgan fingerprint density at radius 2 is 1.97 bits per heavy atom. The van der Waals surface area contributed by atoms with E-state index in [2.05, 4.69) is 20.1 Å². The molecule has 3 heterocycles. The van der Waals surface area contributed by atoms with Crippen molar-refractivity contribution < 1.29 is 29.0 Å². The van der Waals surface area contributed by atoms with E-state index in [0.717, 1.165) is 32.1 Å². The molecule has 0 saturated carbocycles. The van der Waals surface area contributed by atoms with Crippen LogP contribution in [0.5, 0.6) is 0 Å². The van der Waals surface area contributed by atoms with Gasteiger partial charge in [-0.3, -0.25) is 14.4 Å². The highest BCUT2D eigenvalue weighted by molar-refractivity contribution is 5.98. The molecule has 3 saturated heterocycles. The van der Waals surface area contributed by atoms with Crippen LogP contribution in [0.15, 0.2) is 25.3 Å². The number of fused-ring (bicyclic) bond motifs is 1. The molecule has 3 aliphatic heterocycles. The van der Waals surface area contributed by atoms with Crippen LogP contribution in [0, 0.1) is 23.7 Å². The van der Waals surface area contributed by atoms with Crippen LogP contribution in [0.3, 0.4) is 0 Å². The van der Waals surface area contributed by atoms with Crippen LogP contribution in [0.4, 0.5) is 0 Å². The zero-order valence-electron chi connectivity index (χ0n) is 24.7. The predicted molar refractivity (Wildman–Crippen MR) is 151 cm³/mol. The lowest BCUT2D eigenvalue weighted by Crippen LogP contribution is -2.60. The fourth-order valence-electron chi connectivity index (χ4n) is 7.11. The van der Waals surface area contributed by atoms with E-state index >= 15 is 0 Å². The van der Waals surface area contributed by atoms with E-state index in [1.807, 2.05) is 33.8 Å². The Morgan fingerprint density at radius 1 is 1.26 bits per heavy atom. The smallest absolute Gasteiger partial charge is 0.312 e. The Balaban J connectivity index is 2.07. The van der Waals surface area contributed by atoms with Crippen molar-refractivity contribution in [1.82, 2.24) is 9.80 Å². The molecule has 220 valence electrons. The molecule has 1 spiro atoms. The van der Waals surface area contributed by atoms with Crippen molar-refractivity contribution in [1.29, 1.82) is 0 Å². The number of amides is 2. The molecule has 3 unspecified atom stereocenters. The van der Waals surface area contributed by atoms with E-state index in [4.69, 9.17) is 9.47 Å². The summed E-state index contributed by atoms with van der Waals surface area (Å²) in [4.78, 5) is 45.8. The molecule has 0 aliphatic carbocycles. The summed E-state index contributed by atoms with van der Waals surface area (Å²) < 4.78 is 12.5. The highest BCUT2D eigenvalue weighted by Crippen LogP contribution is 2.65. The number of likely N-dealkylation sites (tertiary alicyclic amines) is 1. The van der Waals surface area contributed by atoms with Gasteiger partial charge in [0.2, 0.25) is 11.8 Å². The topological polar surface area (TPSA) is 96.4 Å². The predicted octanol–water partition coefficient (Wildman–Crippen LogP) is 4.12. The molecule has 2 amide bonds. The first kappa shape index (κ1) is 31.3. The lowest BCUT2D eigenvalue weighted by Gasteiger charge is -2.41. The number of ether oxygens (including phenoxy) is 2. The molecule has 8 atom stereocenters. The van der Waals surface area contributed by atoms with E-state index in [1.54, 1.807) is 15.9 Å². The molecule has 39 heavy (non-hydrogen) atoms. The molecule has 3 fully saturated rings. The summed E-state index contributed by atoms with van der Waals surface area (Å²) in [6, 6.07) is -1.48. The number of hydrogen-bond donors (Lipinski definition) is 1. The van der Waals surface area contributed by atoms with Crippen LogP contribution in [0.2, 0.25) is 0 Å². The zero-order valence-corrected chi connectivity index (χ0v) is 24.7. The van der Waals surface area contributed by atoms with Gasteiger partial charge in [-0.05, 0) is 50.9 Å². The summed E-state index contributed by atoms with van der Waals surface area (Å²) in [6.45, 7) is 18.5. The van der Waals surface area contributed by atoms with Crippen LogP contribution in [0.25, 0.3) is 0 Å². The monoisotopic (exact) mass is 546 g/mol. The zero-order chi connectivity index (χ0) is 29.0. The van der Waals surface area contributed by atoms with Gasteiger partial charge < -0.3 is 24.4 Å². The van der Waals surface area contributed by atoms with Gasteiger partial charge in [0.05, 0.1) is 30.8 Å². The quantitative estimate of drug-likeness (QED) is 0.178. The molecule has 0 radical (unpaired) electrons. The molecule has 8 nitrogen and oxygen atoms in total. The molecule has 3 rings (SSSR count). The van der Waals surface area contributed by atoms with Gasteiger partial charge in [-0.25, -0.2) is 0 Å².